The predicted octanol–water partition coefficient (Wildman–Crippen LogP) is 2.78. The topological polar surface area (TPSA) is 0 Å². The van der Waals surface area contributed by atoms with E-state index in [1.165, 1.54) is 0 Å². The molecule has 0 spiro atoms. The Morgan fingerprint density at radius 2 is 1.78 bits per heavy atom. The summed E-state index contributed by atoms with van der Waals surface area (Å²) in [5.74, 6) is 1.35. The molecular weight excluding hydrogens is 115 g/mol. The van der Waals surface area contributed by atoms with Crippen molar-refractivity contribution in [2.45, 2.75) is 39.3 Å². The van der Waals surface area contributed by atoms with Crippen molar-refractivity contribution in [1.82, 2.24) is 0 Å². The lowest BCUT2D eigenvalue weighted by molar-refractivity contribution is 0.161. The van der Waals surface area contributed by atoms with E-state index in [1.807, 2.05) is 0 Å². The van der Waals surface area contributed by atoms with Gasteiger partial charge in [0, 0.05) is 0 Å². The molecule has 1 rings (SSSR count). The molecule has 0 nitrogen and oxygen atoms in total. The highest BCUT2D eigenvalue weighted by molar-refractivity contribution is 4.74. The molecule has 3 atom stereocenters. The second-order valence-electron chi connectivity index (χ2n) is 3.36. The van der Waals surface area contributed by atoms with Gasteiger partial charge in [0.25, 0.3) is 0 Å². The van der Waals surface area contributed by atoms with E-state index in [9.17, 15) is 4.39 Å². The SMILES string of the molecule is CC1C[C@H](F)CC[C@H]1C. The zero-order chi connectivity index (χ0) is 6.85. The third-order valence-electron chi connectivity index (χ3n) is 2.53. The van der Waals surface area contributed by atoms with Crippen LogP contribution in [0.3, 0.4) is 0 Å². The monoisotopic (exact) mass is 130 g/mol. The van der Waals surface area contributed by atoms with Gasteiger partial charge in [-0.3, -0.25) is 0 Å². The first-order valence-corrected chi connectivity index (χ1v) is 3.84. The Bertz CT molecular complexity index is 90.6. The fraction of sp³-hybridized carbons (Fsp3) is 1.00. The number of rotatable bonds is 0. The fourth-order valence-corrected chi connectivity index (χ4v) is 1.48. The highest BCUT2D eigenvalue weighted by Crippen LogP contribution is 2.30. The van der Waals surface area contributed by atoms with E-state index in [1.54, 1.807) is 0 Å². The van der Waals surface area contributed by atoms with Gasteiger partial charge in [-0.1, -0.05) is 13.8 Å². The van der Waals surface area contributed by atoms with Crippen LogP contribution >= 0.6 is 0 Å². The number of halogens is 1. The van der Waals surface area contributed by atoms with Crippen LogP contribution in [0, 0.1) is 11.8 Å². The molecule has 1 heteroatoms. The van der Waals surface area contributed by atoms with Crippen LogP contribution in [0.5, 0.6) is 0 Å². The Kier molecular flexibility index (Phi) is 2.09. The molecule has 0 aliphatic heterocycles. The molecule has 0 aromatic heterocycles. The van der Waals surface area contributed by atoms with Crippen LogP contribution in [0.2, 0.25) is 0 Å². The molecule has 1 unspecified atom stereocenters. The van der Waals surface area contributed by atoms with E-state index >= 15 is 0 Å². The van der Waals surface area contributed by atoms with E-state index < -0.39 is 6.17 Å². The Morgan fingerprint density at radius 1 is 1.11 bits per heavy atom. The van der Waals surface area contributed by atoms with Gasteiger partial charge in [-0.2, -0.15) is 0 Å². The van der Waals surface area contributed by atoms with Crippen LogP contribution in [0.4, 0.5) is 4.39 Å². The fourth-order valence-electron chi connectivity index (χ4n) is 1.48. The minimum absolute atomic E-state index is 0.504. The van der Waals surface area contributed by atoms with E-state index in [0.29, 0.717) is 5.92 Å². The number of alkyl halides is 1. The molecule has 9 heavy (non-hydrogen) atoms. The zero-order valence-electron chi connectivity index (χ0n) is 6.23. The summed E-state index contributed by atoms with van der Waals surface area (Å²) in [6.45, 7) is 4.37. The Hall–Kier alpha value is -0.0700. The standard InChI is InChI=1S/C8H15F/c1-6-3-4-8(9)5-7(6)2/h6-8H,3-5H2,1-2H3/t6-,7?,8-/m1/s1. The molecule has 1 saturated carbocycles. The minimum atomic E-state index is -0.504. The summed E-state index contributed by atoms with van der Waals surface area (Å²) in [7, 11) is 0. The van der Waals surface area contributed by atoms with Gasteiger partial charge in [0.15, 0.2) is 0 Å². The highest BCUT2D eigenvalue weighted by atomic mass is 19.1. The van der Waals surface area contributed by atoms with Crippen molar-refractivity contribution < 1.29 is 4.39 Å². The second-order valence-corrected chi connectivity index (χ2v) is 3.36. The van der Waals surface area contributed by atoms with Crippen LogP contribution in [0.25, 0.3) is 0 Å². The normalized spacial score (nSPS) is 45.0. The van der Waals surface area contributed by atoms with E-state index in [-0.39, 0.29) is 0 Å². The summed E-state index contributed by atoms with van der Waals surface area (Å²) < 4.78 is 12.6. The molecule has 1 aliphatic carbocycles. The second kappa shape index (κ2) is 2.68. The van der Waals surface area contributed by atoms with E-state index in [4.69, 9.17) is 0 Å². The predicted molar refractivity (Wildman–Crippen MR) is 37.1 cm³/mol. The minimum Gasteiger partial charge on any atom is -0.247 e. The maximum Gasteiger partial charge on any atom is 0.100 e. The largest absolute Gasteiger partial charge is 0.247 e. The highest BCUT2D eigenvalue weighted by Gasteiger charge is 2.23. The number of hydrogen-bond acceptors (Lipinski definition) is 0. The summed E-state index contributed by atoms with van der Waals surface area (Å²) in [6, 6.07) is 0. The molecule has 0 radical (unpaired) electrons. The molecule has 0 aromatic carbocycles. The Labute approximate surface area is 56.5 Å². The molecule has 0 amide bonds. The van der Waals surface area contributed by atoms with Gasteiger partial charge >= 0.3 is 0 Å². The van der Waals surface area contributed by atoms with Crippen LogP contribution < -0.4 is 0 Å². The van der Waals surface area contributed by atoms with Crippen LogP contribution in [-0.4, -0.2) is 6.17 Å². The van der Waals surface area contributed by atoms with Crippen molar-refractivity contribution in [3.63, 3.8) is 0 Å². The van der Waals surface area contributed by atoms with Crippen LogP contribution in [0.15, 0.2) is 0 Å². The average Bonchev–Trinajstić information content (AvgIpc) is 1.80. The summed E-state index contributed by atoms with van der Waals surface area (Å²) in [4.78, 5) is 0. The first-order chi connectivity index (χ1) is 4.20. The molecule has 0 N–H and O–H groups in total. The lowest BCUT2D eigenvalue weighted by Gasteiger charge is -2.27. The van der Waals surface area contributed by atoms with Gasteiger partial charge in [-0.05, 0) is 31.1 Å². The molecule has 0 bridgehead atoms. The van der Waals surface area contributed by atoms with Gasteiger partial charge in [-0.25, -0.2) is 4.39 Å². The maximum atomic E-state index is 12.6. The third-order valence-corrected chi connectivity index (χ3v) is 2.53. The third kappa shape index (κ3) is 1.67. The summed E-state index contributed by atoms with van der Waals surface area (Å²) in [5, 5.41) is 0. The first kappa shape index (κ1) is 7.04. The molecule has 54 valence electrons. The van der Waals surface area contributed by atoms with Gasteiger partial charge in [0.05, 0.1) is 0 Å². The lowest BCUT2D eigenvalue weighted by Crippen LogP contribution is -2.21. The summed E-state index contributed by atoms with van der Waals surface area (Å²) in [5.41, 5.74) is 0. The average molecular weight is 130 g/mol. The van der Waals surface area contributed by atoms with E-state index in [2.05, 4.69) is 13.8 Å². The van der Waals surface area contributed by atoms with E-state index in [0.717, 1.165) is 25.2 Å². The van der Waals surface area contributed by atoms with Crippen molar-refractivity contribution in [3.05, 3.63) is 0 Å². The first-order valence-electron chi connectivity index (χ1n) is 3.84. The molecular formula is C8H15F. The maximum absolute atomic E-state index is 12.6. The zero-order valence-corrected chi connectivity index (χ0v) is 6.23. The smallest absolute Gasteiger partial charge is 0.100 e. The van der Waals surface area contributed by atoms with Crippen molar-refractivity contribution >= 4 is 0 Å². The van der Waals surface area contributed by atoms with Gasteiger partial charge in [0.2, 0.25) is 0 Å². The van der Waals surface area contributed by atoms with Crippen molar-refractivity contribution in [2.75, 3.05) is 0 Å². The molecule has 0 aromatic rings. The van der Waals surface area contributed by atoms with Crippen LogP contribution in [0.1, 0.15) is 33.1 Å². The number of hydrogen-bond donors (Lipinski definition) is 0. The van der Waals surface area contributed by atoms with Gasteiger partial charge in [-0.15, -0.1) is 0 Å². The van der Waals surface area contributed by atoms with Crippen molar-refractivity contribution in [1.29, 1.82) is 0 Å². The lowest BCUT2D eigenvalue weighted by atomic mass is 9.81. The van der Waals surface area contributed by atoms with Crippen molar-refractivity contribution in [3.8, 4) is 0 Å². The molecule has 0 heterocycles. The van der Waals surface area contributed by atoms with Gasteiger partial charge in [0.1, 0.15) is 6.17 Å². The van der Waals surface area contributed by atoms with Gasteiger partial charge < -0.3 is 0 Å². The molecule has 0 saturated heterocycles. The van der Waals surface area contributed by atoms with Crippen molar-refractivity contribution in [2.24, 2.45) is 11.8 Å². The Balaban J connectivity index is 2.35. The Morgan fingerprint density at radius 3 is 2.22 bits per heavy atom. The summed E-state index contributed by atoms with van der Waals surface area (Å²) >= 11 is 0. The molecule has 1 fully saturated rings. The summed E-state index contributed by atoms with van der Waals surface area (Å²) in [6.07, 6.45) is 2.17. The van der Waals surface area contributed by atoms with Crippen LogP contribution in [-0.2, 0) is 0 Å². The molecule has 1 aliphatic rings. The quantitative estimate of drug-likeness (QED) is 0.473.